The lowest BCUT2D eigenvalue weighted by Crippen LogP contribution is -2.00. The van der Waals surface area contributed by atoms with Crippen LogP contribution in [-0.2, 0) is 0 Å². The van der Waals surface area contributed by atoms with E-state index in [2.05, 4.69) is 44.2 Å². The maximum absolute atomic E-state index is 2.24. The van der Waals surface area contributed by atoms with Crippen molar-refractivity contribution in [2.75, 3.05) is 0 Å². The molecule has 1 aromatic rings. The summed E-state index contributed by atoms with van der Waals surface area (Å²) in [6, 6.07) is 6.65. The lowest BCUT2D eigenvalue weighted by Gasteiger charge is -2.17. The minimum absolute atomic E-state index is 1.11. The number of allylic oxidation sites excluding steroid dienone is 1. The van der Waals surface area contributed by atoms with Crippen LogP contribution < -0.4 is 0 Å². The quantitative estimate of drug-likeness (QED) is 0.541. The van der Waals surface area contributed by atoms with Crippen LogP contribution in [0.25, 0.3) is 6.08 Å². The van der Waals surface area contributed by atoms with Crippen LogP contribution in [0.15, 0.2) is 24.3 Å². The molecule has 0 saturated heterocycles. The minimum atomic E-state index is 1.11. The van der Waals surface area contributed by atoms with E-state index in [1.807, 2.05) is 0 Å². The Hall–Kier alpha value is -1.04. The van der Waals surface area contributed by atoms with Gasteiger partial charge in [0.2, 0.25) is 0 Å². The average molecular weight is 157 g/mol. The Bertz CT molecular complexity index is 321. The Labute approximate surface area is 73.9 Å². The fourth-order valence-corrected chi connectivity index (χ4v) is 1.68. The van der Waals surface area contributed by atoms with Gasteiger partial charge in [0.05, 0.1) is 0 Å². The molecule has 0 heterocycles. The fraction of sp³-hybridized carbons (Fsp3) is 0.250. The van der Waals surface area contributed by atoms with Crippen molar-refractivity contribution in [3.05, 3.63) is 46.9 Å². The zero-order chi connectivity index (χ0) is 8.55. The van der Waals surface area contributed by atoms with Gasteiger partial charge in [-0.3, -0.25) is 0 Å². The van der Waals surface area contributed by atoms with Crippen molar-refractivity contribution in [2.24, 2.45) is 0 Å². The lowest BCUT2D eigenvalue weighted by atomic mass is 9.88. The molecule has 0 aromatic heterocycles. The summed E-state index contributed by atoms with van der Waals surface area (Å²) < 4.78 is 0. The molecule has 0 aliphatic heterocycles. The fourth-order valence-electron chi connectivity index (χ4n) is 1.68. The van der Waals surface area contributed by atoms with E-state index >= 15 is 0 Å². The first kappa shape index (κ1) is 7.60. The molecule has 0 amide bonds. The first-order valence-corrected chi connectivity index (χ1v) is 4.37. The molecule has 0 fully saturated rings. The SMILES string of the molecule is C[C]1CC=Cc2cc(C)ccc21. The highest BCUT2D eigenvalue weighted by Crippen LogP contribution is 2.28. The van der Waals surface area contributed by atoms with Crippen molar-refractivity contribution < 1.29 is 0 Å². The molecule has 2 rings (SSSR count). The molecule has 0 saturated carbocycles. The van der Waals surface area contributed by atoms with Gasteiger partial charge in [0, 0.05) is 5.92 Å². The third-order valence-electron chi connectivity index (χ3n) is 2.39. The van der Waals surface area contributed by atoms with Gasteiger partial charge in [0.15, 0.2) is 0 Å². The molecule has 0 nitrogen and oxygen atoms in total. The smallest absolute Gasteiger partial charge is 0.00625 e. The van der Waals surface area contributed by atoms with Crippen LogP contribution in [0.3, 0.4) is 0 Å². The second-order valence-corrected chi connectivity index (χ2v) is 3.48. The third-order valence-corrected chi connectivity index (χ3v) is 2.39. The highest BCUT2D eigenvalue weighted by molar-refractivity contribution is 5.62. The molecular weight excluding hydrogens is 144 g/mol. The molecule has 61 valence electrons. The molecule has 0 bridgehead atoms. The molecule has 0 spiro atoms. The van der Waals surface area contributed by atoms with E-state index in [4.69, 9.17) is 0 Å². The van der Waals surface area contributed by atoms with E-state index in [1.54, 1.807) is 0 Å². The van der Waals surface area contributed by atoms with Crippen molar-refractivity contribution in [1.82, 2.24) is 0 Å². The Balaban J connectivity index is 2.55. The van der Waals surface area contributed by atoms with E-state index in [9.17, 15) is 0 Å². The standard InChI is InChI=1S/C12H13/c1-9-6-7-12-10(2)4-3-5-11(12)8-9/h3,5-8H,4H2,1-2H3. The van der Waals surface area contributed by atoms with Crippen LogP contribution in [0.1, 0.15) is 30.0 Å². The van der Waals surface area contributed by atoms with Crippen LogP contribution in [0.4, 0.5) is 0 Å². The van der Waals surface area contributed by atoms with Gasteiger partial charge in [-0.15, -0.1) is 0 Å². The van der Waals surface area contributed by atoms with Gasteiger partial charge in [-0.25, -0.2) is 0 Å². The molecule has 1 aliphatic carbocycles. The van der Waals surface area contributed by atoms with Gasteiger partial charge in [0.1, 0.15) is 0 Å². The summed E-state index contributed by atoms with van der Waals surface area (Å²) in [7, 11) is 0. The summed E-state index contributed by atoms with van der Waals surface area (Å²) in [6.07, 6.45) is 5.56. The predicted octanol–water partition coefficient (Wildman–Crippen LogP) is 3.35. The molecule has 0 heteroatoms. The number of rotatable bonds is 0. The Morgan fingerprint density at radius 2 is 2.00 bits per heavy atom. The Morgan fingerprint density at radius 1 is 1.17 bits per heavy atom. The van der Waals surface area contributed by atoms with E-state index in [0.29, 0.717) is 0 Å². The zero-order valence-corrected chi connectivity index (χ0v) is 7.59. The second kappa shape index (κ2) is 2.78. The maximum Gasteiger partial charge on any atom is 0.00625 e. The van der Waals surface area contributed by atoms with Crippen molar-refractivity contribution >= 4 is 6.08 Å². The maximum atomic E-state index is 2.24. The Kier molecular flexibility index (Phi) is 1.76. The summed E-state index contributed by atoms with van der Waals surface area (Å²) in [6.45, 7) is 4.34. The highest BCUT2D eigenvalue weighted by Gasteiger charge is 2.11. The normalized spacial score (nSPS) is 16.2. The molecule has 1 aliphatic rings. The summed E-state index contributed by atoms with van der Waals surface area (Å²) in [5.41, 5.74) is 4.13. The topological polar surface area (TPSA) is 0 Å². The molecule has 0 atom stereocenters. The number of hydrogen-bond donors (Lipinski definition) is 0. The Morgan fingerprint density at radius 3 is 2.83 bits per heavy atom. The van der Waals surface area contributed by atoms with Gasteiger partial charge in [-0.2, -0.15) is 0 Å². The summed E-state index contributed by atoms with van der Waals surface area (Å²) >= 11 is 0. The van der Waals surface area contributed by atoms with Crippen molar-refractivity contribution in [1.29, 1.82) is 0 Å². The molecule has 1 aromatic carbocycles. The summed E-state index contributed by atoms with van der Waals surface area (Å²) in [4.78, 5) is 0. The third kappa shape index (κ3) is 1.18. The molecular formula is C12H13. The monoisotopic (exact) mass is 157 g/mol. The van der Waals surface area contributed by atoms with Crippen LogP contribution in [0.5, 0.6) is 0 Å². The molecule has 12 heavy (non-hydrogen) atoms. The van der Waals surface area contributed by atoms with E-state index < -0.39 is 0 Å². The van der Waals surface area contributed by atoms with Crippen molar-refractivity contribution in [2.45, 2.75) is 20.3 Å². The second-order valence-electron chi connectivity index (χ2n) is 3.48. The van der Waals surface area contributed by atoms with Gasteiger partial charge in [0.25, 0.3) is 0 Å². The van der Waals surface area contributed by atoms with Gasteiger partial charge in [-0.05, 0) is 24.5 Å². The van der Waals surface area contributed by atoms with E-state index in [-0.39, 0.29) is 0 Å². The largest absolute Gasteiger partial charge is 0.0830 e. The lowest BCUT2D eigenvalue weighted by molar-refractivity contribution is 1.02. The molecule has 0 N–H and O–H groups in total. The van der Waals surface area contributed by atoms with Gasteiger partial charge >= 0.3 is 0 Å². The van der Waals surface area contributed by atoms with E-state index in [1.165, 1.54) is 22.6 Å². The predicted molar refractivity (Wildman–Crippen MR) is 52.8 cm³/mol. The number of benzene rings is 1. The van der Waals surface area contributed by atoms with Crippen LogP contribution in [0, 0.1) is 12.8 Å². The van der Waals surface area contributed by atoms with Gasteiger partial charge in [-0.1, -0.05) is 42.8 Å². The minimum Gasteiger partial charge on any atom is -0.0830 e. The van der Waals surface area contributed by atoms with Crippen LogP contribution in [-0.4, -0.2) is 0 Å². The van der Waals surface area contributed by atoms with E-state index in [0.717, 1.165) is 6.42 Å². The van der Waals surface area contributed by atoms with Crippen LogP contribution in [0.2, 0.25) is 0 Å². The highest BCUT2D eigenvalue weighted by atomic mass is 14.2. The number of aryl methyl sites for hydroxylation is 1. The first-order valence-electron chi connectivity index (χ1n) is 4.37. The van der Waals surface area contributed by atoms with Crippen molar-refractivity contribution in [3.8, 4) is 0 Å². The average Bonchev–Trinajstić information content (AvgIpc) is 2.04. The summed E-state index contributed by atoms with van der Waals surface area (Å²) in [5, 5.41) is 0. The van der Waals surface area contributed by atoms with Gasteiger partial charge < -0.3 is 0 Å². The summed E-state index contributed by atoms with van der Waals surface area (Å²) in [5.74, 6) is 1.48. The number of fused-ring (bicyclic) bond motifs is 1. The zero-order valence-electron chi connectivity index (χ0n) is 7.59. The first-order chi connectivity index (χ1) is 5.77. The van der Waals surface area contributed by atoms with Crippen molar-refractivity contribution in [3.63, 3.8) is 0 Å². The molecule has 1 radical (unpaired) electrons. The number of hydrogen-bond acceptors (Lipinski definition) is 0. The van der Waals surface area contributed by atoms with Crippen LogP contribution >= 0.6 is 0 Å². The molecule has 0 unspecified atom stereocenters.